The molecule has 4 heterocycles. The van der Waals surface area contributed by atoms with Gasteiger partial charge in [-0.25, -0.2) is 22.8 Å². The standard InChI is InChI=1S/C30H33F2N7O4S.ClH/c1-3-19-17-20(6-9-25(19)44(41,42)38-15-13-37(14-16-38)30(40)22-5-4-10-33-22)36-28-29-35-18-23(39(29)12-11-34-28)21-7-8-24(43-2)27(32)26(21)31;/h6-9,11-12,17-18,22,33H,3-5,10,13-16H2,1-2H3,(H,34,36);1H/t22-;/m0./s1. The first-order valence-corrected chi connectivity index (χ1v) is 15.9. The second-order valence-corrected chi connectivity index (χ2v) is 12.6. The average molecular weight is 662 g/mol. The number of hydrogen-bond donors (Lipinski definition) is 2. The van der Waals surface area contributed by atoms with Crippen LogP contribution in [0.25, 0.3) is 16.9 Å². The van der Waals surface area contributed by atoms with Crippen LogP contribution in [0.1, 0.15) is 25.3 Å². The molecule has 2 aromatic carbocycles. The number of anilines is 2. The Bertz CT molecular complexity index is 1820. The van der Waals surface area contributed by atoms with Crippen molar-refractivity contribution in [2.24, 2.45) is 0 Å². The lowest BCUT2D eigenvalue weighted by molar-refractivity contribution is -0.134. The first-order valence-electron chi connectivity index (χ1n) is 14.5. The predicted octanol–water partition coefficient (Wildman–Crippen LogP) is 4.00. The number of nitrogens with one attached hydrogen (secondary N) is 2. The molecule has 0 unspecified atom stereocenters. The summed E-state index contributed by atoms with van der Waals surface area (Å²) < 4.78 is 64.5. The highest BCUT2D eigenvalue weighted by atomic mass is 35.5. The van der Waals surface area contributed by atoms with Crippen molar-refractivity contribution in [2.45, 2.75) is 37.1 Å². The number of fused-ring (bicyclic) bond motifs is 1. The number of piperazine rings is 1. The van der Waals surface area contributed by atoms with E-state index in [2.05, 4.69) is 20.6 Å². The third kappa shape index (κ3) is 6.07. The van der Waals surface area contributed by atoms with Crippen molar-refractivity contribution < 1.29 is 26.7 Å². The fourth-order valence-corrected chi connectivity index (χ4v) is 7.52. The zero-order valence-corrected chi connectivity index (χ0v) is 26.4. The Hall–Kier alpha value is -3.85. The minimum atomic E-state index is -3.79. The largest absolute Gasteiger partial charge is 0.494 e. The van der Waals surface area contributed by atoms with Crippen LogP contribution in [0, 0.1) is 11.6 Å². The number of rotatable bonds is 8. The smallest absolute Gasteiger partial charge is 0.243 e. The number of carbonyl (C=O) groups is 1. The van der Waals surface area contributed by atoms with Gasteiger partial charge in [0.1, 0.15) is 0 Å². The molecule has 2 saturated heterocycles. The minimum Gasteiger partial charge on any atom is -0.494 e. The maximum atomic E-state index is 14.9. The van der Waals surface area contributed by atoms with Crippen molar-refractivity contribution in [1.29, 1.82) is 0 Å². The first-order chi connectivity index (χ1) is 21.2. The van der Waals surface area contributed by atoms with Gasteiger partial charge < -0.3 is 20.3 Å². The summed E-state index contributed by atoms with van der Waals surface area (Å²) in [7, 11) is -2.53. The Morgan fingerprint density at radius 2 is 1.89 bits per heavy atom. The van der Waals surface area contributed by atoms with Crippen molar-refractivity contribution in [2.75, 3.05) is 45.2 Å². The molecule has 2 aromatic heterocycles. The number of methoxy groups -OCH3 is 1. The molecular formula is C30H34ClF2N7O4S. The summed E-state index contributed by atoms with van der Waals surface area (Å²) in [6, 6.07) is 7.58. The molecule has 1 atom stereocenters. The van der Waals surface area contributed by atoms with Crippen LogP contribution in [-0.2, 0) is 21.2 Å². The second kappa shape index (κ2) is 13.3. The molecule has 2 fully saturated rings. The highest BCUT2D eigenvalue weighted by Gasteiger charge is 2.34. The molecule has 1 amide bonds. The fourth-order valence-electron chi connectivity index (χ4n) is 5.82. The molecular weight excluding hydrogens is 628 g/mol. The topological polar surface area (TPSA) is 121 Å². The van der Waals surface area contributed by atoms with Gasteiger partial charge >= 0.3 is 0 Å². The molecule has 0 spiro atoms. The van der Waals surface area contributed by atoms with Gasteiger partial charge in [-0.15, -0.1) is 12.4 Å². The van der Waals surface area contributed by atoms with Crippen LogP contribution in [0.4, 0.5) is 20.3 Å². The molecule has 240 valence electrons. The molecule has 0 bridgehead atoms. The number of imidazole rings is 1. The summed E-state index contributed by atoms with van der Waals surface area (Å²) in [5.41, 5.74) is 1.91. The predicted molar refractivity (Wildman–Crippen MR) is 168 cm³/mol. The van der Waals surface area contributed by atoms with E-state index in [9.17, 15) is 22.0 Å². The fraction of sp³-hybridized carbons (Fsp3) is 0.367. The molecule has 2 aliphatic rings. The Morgan fingerprint density at radius 3 is 2.58 bits per heavy atom. The van der Waals surface area contributed by atoms with Gasteiger partial charge in [-0.05, 0) is 61.7 Å². The Labute approximate surface area is 266 Å². The lowest BCUT2D eigenvalue weighted by atomic mass is 10.1. The molecule has 6 rings (SSSR count). The van der Waals surface area contributed by atoms with Crippen LogP contribution in [0.15, 0.2) is 53.8 Å². The summed E-state index contributed by atoms with van der Waals surface area (Å²) in [5, 5.41) is 6.41. The Morgan fingerprint density at radius 1 is 1.11 bits per heavy atom. The van der Waals surface area contributed by atoms with Gasteiger partial charge in [0, 0.05) is 49.8 Å². The second-order valence-electron chi connectivity index (χ2n) is 10.7. The number of benzene rings is 2. The summed E-state index contributed by atoms with van der Waals surface area (Å²) in [5.74, 6) is -1.95. The average Bonchev–Trinajstić information content (AvgIpc) is 3.73. The number of ether oxygens (including phenoxy) is 1. The van der Waals surface area contributed by atoms with Crippen molar-refractivity contribution in [1.82, 2.24) is 28.9 Å². The zero-order chi connectivity index (χ0) is 31.0. The molecule has 45 heavy (non-hydrogen) atoms. The van der Waals surface area contributed by atoms with Gasteiger partial charge in [0.05, 0.1) is 29.9 Å². The zero-order valence-electron chi connectivity index (χ0n) is 24.8. The van der Waals surface area contributed by atoms with Crippen LogP contribution in [0.3, 0.4) is 0 Å². The minimum absolute atomic E-state index is 0. The van der Waals surface area contributed by atoms with Crippen LogP contribution in [0.5, 0.6) is 5.75 Å². The number of hydrogen-bond acceptors (Lipinski definition) is 8. The van der Waals surface area contributed by atoms with Gasteiger partial charge in [-0.1, -0.05) is 6.92 Å². The molecule has 4 aromatic rings. The van der Waals surface area contributed by atoms with Crippen molar-refractivity contribution in [3.05, 3.63) is 66.1 Å². The van der Waals surface area contributed by atoms with Crippen LogP contribution in [0.2, 0.25) is 0 Å². The third-order valence-corrected chi connectivity index (χ3v) is 10.2. The summed E-state index contributed by atoms with van der Waals surface area (Å²) in [6.45, 7) is 3.88. The van der Waals surface area contributed by atoms with Gasteiger partial charge in [0.15, 0.2) is 23.0 Å². The lowest BCUT2D eigenvalue weighted by Gasteiger charge is -2.35. The van der Waals surface area contributed by atoms with Crippen molar-refractivity contribution in [3.8, 4) is 17.0 Å². The first kappa shape index (κ1) is 32.5. The van der Waals surface area contributed by atoms with E-state index >= 15 is 0 Å². The summed E-state index contributed by atoms with van der Waals surface area (Å²) >= 11 is 0. The van der Waals surface area contributed by atoms with E-state index < -0.39 is 21.7 Å². The van der Waals surface area contributed by atoms with Crippen molar-refractivity contribution >= 4 is 45.5 Å². The van der Waals surface area contributed by atoms with Crippen LogP contribution in [-0.4, -0.2) is 83.8 Å². The normalized spacial score (nSPS) is 17.3. The molecule has 11 nitrogen and oxygen atoms in total. The molecule has 15 heteroatoms. The summed E-state index contributed by atoms with van der Waals surface area (Å²) in [4.78, 5) is 23.5. The maximum Gasteiger partial charge on any atom is 0.243 e. The number of aryl methyl sites for hydroxylation is 1. The van der Waals surface area contributed by atoms with Gasteiger partial charge in [0.2, 0.25) is 21.7 Å². The number of halogens is 3. The quantitative estimate of drug-likeness (QED) is 0.291. The van der Waals surface area contributed by atoms with Crippen molar-refractivity contribution in [3.63, 3.8) is 0 Å². The van der Waals surface area contributed by atoms with Crippen LogP contribution < -0.4 is 15.4 Å². The Balaban J connectivity index is 0.00000400. The van der Waals surface area contributed by atoms with E-state index in [4.69, 9.17) is 4.74 Å². The number of nitrogens with zero attached hydrogens (tertiary/aromatic N) is 5. The van der Waals surface area contributed by atoms with Crippen LogP contribution >= 0.6 is 12.4 Å². The molecule has 2 N–H and O–H groups in total. The van der Waals surface area contributed by atoms with E-state index in [1.807, 2.05) is 6.92 Å². The maximum absolute atomic E-state index is 14.9. The van der Waals surface area contributed by atoms with Gasteiger partial charge in [0.25, 0.3) is 0 Å². The van der Waals surface area contributed by atoms with E-state index in [0.717, 1.165) is 19.4 Å². The number of sulfonamides is 1. The molecule has 0 saturated carbocycles. The number of aromatic nitrogens is 3. The highest BCUT2D eigenvalue weighted by Crippen LogP contribution is 2.32. The summed E-state index contributed by atoms with van der Waals surface area (Å²) in [6.07, 6.45) is 6.76. The monoisotopic (exact) mass is 661 g/mol. The van der Waals surface area contributed by atoms with Gasteiger partial charge in [-0.3, -0.25) is 9.20 Å². The SMILES string of the molecule is CCc1cc(Nc2nccn3c(-c4ccc(OC)c(F)c4F)cnc23)ccc1S(=O)(=O)N1CCN(C(=O)[C@@H]2CCCN2)CC1.Cl. The highest BCUT2D eigenvalue weighted by molar-refractivity contribution is 7.89. The lowest BCUT2D eigenvalue weighted by Crippen LogP contribution is -2.54. The molecule has 0 aliphatic carbocycles. The number of carbonyl (C=O) groups excluding carboxylic acids is 1. The van der Waals surface area contributed by atoms with E-state index in [-0.39, 0.29) is 53.7 Å². The third-order valence-electron chi connectivity index (χ3n) is 8.20. The van der Waals surface area contributed by atoms with E-state index in [1.54, 1.807) is 33.7 Å². The molecule has 2 aliphatic heterocycles. The van der Waals surface area contributed by atoms with E-state index in [1.165, 1.54) is 35.9 Å². The number of amides is 1. The van der Waals surface area contributed by atoms with E-state index in [0.29, 0.717) is 47.9 Å². The van der Waals surface area contributed by atoms with Gasteiger partial charge in [-0.2, -0.15) is 8.70 Å². The Kier molecular flexibility index (Phi) is 9.58. The molecule has 0 radical (unpaired) electrons.